The predicted molar refractivity (Wildman–Crippen MR) is 130 cm³/mol. The van der Waals surface area contributed by atoms with Crippen molar-refractivity contribution in [3.63, 3.8) is 0 Å². The molecule has 0 aromatic rings. The molecule has 4 fully saturated rings. The van der Waals surface area contributed by atoms with Gasteiger partial charge in [-0.1, -0.05) is 41.2 Å². The fourth-order valence-corrected chi connectivity index (χ4v) is 9.44. The second-order valence-corrected chi connectivity index (χ2v) is 13.0. The Kier molecular flexibility index (Phi) is 6.82. The lowest BCUT2D eigenvalue weighted by molar-refractivity contribution is -0.188. The third-order valence-corrected chi connectivity index (χ3v) is 10.9. The van der Waals surface area contributed by atoms with Gasteiger partial charge in [0, 0.05) is 18.5 Å². The molecule has 0 radical (unpaired) electrons. The number of rotatable bonds is 6. The predicted octanol–water partition coefficient (Wildman–Crippen LogP) is 5.44. The van der Waals surface area contributed by atoms with E-state index in [4.69, 9.17) is 0 Å². The van der Waals surface area contributed by atoms with Crippen LogP contribution in [0.4, 0.5) is 0 Å². The summed E-state index contributed by atoms with van der Waals surface area (Å²) >= 11 is 0. The third-order valence-electron chi connectivity index (χ3n) is 10.9. The molecule has 4 N–H and O–H groups in total. The molecule has 0 aromatic heterocycles. The molecule has 0 aliphatic heterocycles. The van der Waals surface area contributed by atoms with E-state index >= 15 is 0 Å². The van der Waals surface area contributed by atoms with Crippen molar-refractivity contribution in [3.05, 3.63) is 12.3 Å². The van der Waals surface area contributed by atoms with Gasteiger partial charge in [-0.3, -0.25) is 0 Å². The van der Waals surface area contributed by atoms with E-state index < -0.39 is 0 Å². The zero-order valence-electron chi connectivity index (χ0n) is 21.2. The highest BCUT2D eigenvalue weighted by atomic mass is 16.3. The molecule has 0 spiro atoms. The van der Waals surface area contributed by atoms with Gasteiger partial charge < -0.3 is 20.6 Å². The Morgan fingerprint density at radius 2 is 1.62 bits per heavy atom. The average molecular weight is 448 g/mol. The van der Waals surface area contributed by atoms with Gasteiger partial charge >= 0.3 is 0 Å². The summed E-state index contributed by atoms with van der Waals surface area (Å²) in [7, 11) is 0. The smallest absolute Gasteiger partial charge is 0.0851 e. The molecule has 0 amide bonds. The first-order valence-corrected chi connectivity index (χ1v) is 13.5. The van der Waals surface area contributed by atoms with Gasteiger partial charge in [-0.2, -0.15) is 0 Å². The number of aliphatic hydroxyl groups is 3. The van der Waals surface area contributed by atoms with E-state index in [1.165, 1.54) is 25.7 Å². The lowest BCUT2D eigenvalue weighted by atomic mass is 9.42. The number of fused-ring (bicyclic) bond motifs is 5. The topological polar surface area (TPSA) is 72.7 Å². The Bertz CT molecular complexity index is 694. The van der Waals surface area contributed by atoms with Crippen molar-refractivity contribution in [1.29, 1.82) is 0 Å². The largest absolute Gasteiger partial charge is 0.513 e. The number of hydrogen-bond acceptors (Lipinski definition) is 4. The molecule has 4 heteroatoms. The minimum atomic E-state index is -0.380. The lowest BCUT2D eigenvalue weighted by Gasteiger charge is -2.65. The van der Waals surface area contributed by atoms with Gasteiger partial charge in [0.2, 0.25) is 0 Å². The number of aliphatic hydroxyl groups excluding tert-OH is 3. The molecule has 1 unspecified atom stereocenters. The van der Waals surface area contributed by atoms with Gasteiger partial charge in [0.15, 0.2) is 0 Å². The summed E-state index contributed by atoms with van der Waals surface area (Å²) in [6.07, 6.45) is 8.85. The molecule has 4 saturated carbocycles. The summed E-state index contributed by atoms with van der Waals surface area (Å²) in [6.45, 7) is 15.5. The van der Waals surface area contributed by atoms with Crippen LogP contribution < -0.4 is 5.32 Å². The van der Waals surface area contributed by atoms with Crippen LogP contribution in [0.25, 0.3) is 0 Å². The van der Waals surface area contributed by atoms with Crippen molar-refractivity contribution < 1.29 is 15.3 Å². The van der Waals surface area contributed by atoms with Crippen molar-refractivity contribution in [2.45, 2.75) is 117 Å². The fourth-order valence-electron chi connectivity index (χ4n) is 9.44. The average Bonchev–Trinajstić information content (AvgIpc) is 3.07. The molecular formula is C28H49NO3. The normalized spacial score (nSPS) is 49.2. The molecule has 4 aliphatic rings. The Morgan fingerprint density at radius 1 is 0.969 bits per heavy atom. The van der Waals surface area contributed by atoms with Crippen LogP contribution in [-0.4, -0.2) is 39.6 Å². The molecule has 4 nitrogen and oxygen atoms in total. The summed E-state index contributed by atoms with van der Waals surface area (Å²) < 4.78 is 0. The molecule has 4 aliphatic carbocycles. The van der Waals surface area contributed by atoms with Crippen LogP contribution in [0, 0.1) is 46.3 Å². The van der Waals surface area contributed by atoms with E-state index in [1.54, 1.807) is 0 Å². The van der Waals surface area contributed by atoms with E-state index in [1.807, 2.05) is 0 Å². The van der Waals surface area contributed by atoms with E-state index in [0.717, 1.165) is 25.7 Å². The minimum Gasteiger partial charge on any atom is -0.513 e. The van der Waals surface area contributed by atoms with Crippen LogP contribution in [-0.2, 0) is 0 Å². The second kappa shape index (κ2) is 8.89. The van der Waals surface area contributed by atoms with Gasteiger partial charge in [-0.25, -0.2) is 0 Å². The SMILES string of the molecule is C=C(O)CC[C@@H](C)[C@H]1CC[C@H]2[C@@H]3C(NC(C)C)[C@H](O)[C@@H]4C[C@H](O)CC[C@]4(C)[C@H]3CC[C@]12C. The van der Waals surface area contributed by atoms with Crippen molar-refractivity contribution in [1.82, 2.24) is 5.32 Å². The summed E-state index contributed by atoms with van der Waals surface area (Å²) in [5.41, 5.74) is 0.448. The van der Waals surface area contributed by atoms with Gasteiger partial charge in [-0.15, -0.1) is 0 Å². The van der Waals surface area contributed by atoms with Gasteiger partial charge in [-0.05, 0) is 97.7 Å². The fraction of sp³-hybridized carbons (Fsp3) is 0.929. The second-order valence-electron chi connectivity index (χ2n) is 13.0. The Hall–Kier alpha value is -0.580. The molecule has 184 valence electrons. The van der Waals surface area contributed by atoms with Crippen molar-refractivity contribution in [3.8, 4) is 0 Å². The van der Waals surface area contributed by atoms with Crippen LogP contribution in [0.1, 0.15) is 92.4 Å². The number of allylic oxidation sites excluding steroid dienone is 1. The Morgan fingerprint density at radius 3 is 2.28 bits per heavy atom. The molecule has 11 atom stereocenters. The standard InChI is InChI=1S/C28H49NO3/c1-16(2)29-25-24-21-10-9-20(17(3)7-8-18(4)30)27(21,5)14-12-22(24)28(6)13-11-19(31)15-23(28)26(25)32/h16-17,19-26,29-32H,4,7-15H2,1-3,5-6H3/t17-,19-,20-,21+,22+,23+,24+,25?,26-,27-,28-/m1/s1. The maximum Gasteiger partial charge on any atom is 0.0851 e. The van der Waals surface area contributed by atoms with Crippen molar-refractivity contribution >= 4 is 0 Å². The number of hydrogen-bond donors (Lipinski definition) is 4. The maximum atomic E-state index is 11.7. The minimum absolute atomic E-state index is 0.124. The molecule has 0 heterocycles. The molecule has 0 saturated heterocycles. The first kappa shape index (κ1) is 24.5. The zero-order chi connectivity index (χ0) is 23.4. The third kappa shape index (κ3) is 3.96. The summed E-state index contributed by atoms with van der Waals surface area (Å²) in [4.78, 5) is 0. The zero-order valence-corrected chi connectivity index (χ0v) is 21.2. The van der Waals surface area contributed by atoms with Gasteiger partial charge in [0.05, 0.1) is 18.0 Å². The highest BCUT2D eigenvalue weighted by Crippen LogP contribution is 2.68. The summed E-state index contributed by atoms with van der Waals surface area (Å²) in [5.74, 6) is 3.56. The van der Waals surface area contributed by atoms with Gasteiger partial charge in [0.25, 0.3) is 0 Å². The van der Waals surface area contributed by atoms with E-state index in [0.29, 0.717) is 53.2 Å². The molecular weight excluding hydrogens is 398 g/mol. The van der Waals surface area contributed by atoms with Crippen molar-refractivity contribution in [2.24, 2.45) is 46.3 Å². The number of nitrogens with one attached hydrogen (secondary N) is 1. The van der Waals surface area contributed by atoms with Crippen LogP contribution in [0.5, 0.6) is 0 Å². The molecule has 0 aromatic carbocycles. The summed E-state index contributed by atoms with van der Waals surface area (Å²) in [6, 6.07) is 0.465. The molecule has 32 heavy (non-hydrogen) atoms. The van der Waals surface area contributed by atoms with Gasteiger partial charge in [0.1, 0.15) is 0 Å². The monoisotopic (exact) mass is 447 g/mol. The molecule has 0 bridgehead atoms. The van der Waals surface area contributed by atoms with Crippen LogP contribution >= 0.6 is 0 Å². The van der Waals surface area contributed by atoms with Crippen LogP contribution in [0.2, 0.25) is 0 Å². The van der Waals surface area contributed by atoms with E-state index in [-0.39, 0.29) is 29.6 Å². The lowest BCUT2D eigenvalue weighted by Crippen LogP contribution is -2.68. The van der Waals surface area contributed by atoms with Crippen LogP contribution in [0.15, 0.2) is 12.3 Å². The highest BCUT2D eigenvalue weighted by Gasteiger charge is 2.65. The van der Waals surface area contributed by atoms with E-state index in [9.17, 15) is 15.3 Å². The highest BCUT2D eigenvalue weighted by molar-refractivity contribution is 5.15. The summed E-state index contributed by atoms with van der Waals surface area (Å²) in [5, 5.41) is 35.7. The molecule has 4 rings (SSSR count). The maximum absolute atomic E-state index is 11.7. The Balaban J connectivity index is 1.65. The van der Waals surface area contributed by atoms with Crippen molar-refractivity contribution in [2.75, 3.05) is 0 Å². The van der Waals surface area contributed by atoms with Crippen LogP contribution in [0.3, 0.4) is 0 Å². The first-order valence-electron chi connectivity index (χ1n) is 13.5. The van der Waals surface area contributed by atoms with E-state index in [2.05, 4.69) is 46.5 Å². The quantitative estimate of drug-likeness (QED) is 0.409. The Labute approximate surface area is 196 Å². The first-order chi connectivity index (χ1) is 15.0.